The Bertz CT molecular complexity index is 308. The van der Waals surface area contributed by atoms with Crippen molar-refractivity contribution in [3.8, 4) is 0 Å². The van der Waals surface area contributed by atoms with Crippen molar-refractivity contribution >= 4 is 12.4 Å². The molecule has 1 heterocycles. The third kappa shape index (κ3) is 4.47. The zero-order valence-electron chi connectivity index (χ0n) is 10.4. The Morgan fingerprint density at radius 2 is 2.06 bits per heavy atom. The highest BCUT2D eigenvalue weighted by atomic mass is 35.5. The zero-order valence-corrected chi connectivity index (χ0v) is 11.2. The SMILES string of the molecule is CCCN(C)Cc1nc(C(C)(C)N)no1.Cl. The average molecular weight is 249 g/mol. The van der Waals surface area contributed by atoms with Gasteiger partial charge in [0, 0.05) is 0 Å². The van der Waals surface area contributed by atoms with E-state index < -0.39 is 5.54 Å². The highest BCUT2D eigenvalue weighted by Gasteiger charge is 2.21. The van der Waals surface area contributed by atoms with Crippen molar-refractivity contribution in [2.24, 2.45) is 5.73 Å². The highest BCUT2D eigenvalue weighted by molar-refractivity contribution is 5.85. The number of nitrogens with two attached hydrogens (primary N) is 1. The third-order valence-corrected chi connectivity index (χ3v) is 2.05. The molecule has 94 valence electrons. The molecule has 0 spiro atoms. The van der Waals surface area contributed by atoms with E-state index in [9.17, 15) is 0 Å². The molecule has 5 nitrogen and oxygen atoms in total. The minimum Gasteiger partial charge on any atom is -0.338 e. The Labute approximate surface area is 103 Å². The van der Waals surface area contributed by atoms with Gasteiger partial charge in [0.05, 0.1) is 12.1 Å². The van der Waals surface area contributed by atoms with Crippen molar-refractivity contribution in [3.63, 3.8) is 0 Å². The lowest BCUT2D eigenvalue weighted by molar-refractivity contribution is 0.265. The Morgan fingerprint density at radius 1 is 1.44 bits per heavy atom. The molecule has 0 aliphatic carbocycles. The molecule has 0 aromatic carbocycles. The smallest absolute Gasteiger partial charge is 0.240 e. The van der Waals surface area contributed by atoms with Gasteiger partial charge in [-0.05, 0) is 33.9 Å². The summed E-state index contributed by atoms with van der Waals surface area (Å²) in [4.78, 5) is 6.40. The number of hydrogen-bond acceptors (Lipinski definition) is 5. The van der Waals surface area contributed by atoms with E-state index in [-0.39, 0.29) is 12.4 Å². The van der Waals surface area contributed by atoms with Gasteiger partial charge in [0.1, 0.15) is 0 Å². The molecule has 0 radical (unpaired) electrons. The lowest BCUT2D eigenvalue weighted by Gasteiger charge is -2.12. The molecular formula is C10H21ClN4O. The van der Waals surface area contributed by atoms with Gasteiger partial charge in [0.15, 0.2) is 5.82 Å². The zero-order chi connectivity index (χ0) is 11.5. The Kier molecular flexibility index (Phi) is 5.92. The van der Waals surface area contributed by atoms with Crippen LogP contribution in [0.1, 0.15) is 38.9 Å². The molecule has 1 aromatic rings. The first-order valence-corrected chi connectivity index (χ1v) is 5.24. The van der Waals surface area contributed by atoms with Gasteiger partial charge < -0.3 is 10.3 Å². The van der Waals surface area contributed by atoms with Crippen LogP contribution in [0.15, 0.2) is 4.52 Å². The molecule has 0 aliphatic heterocycles. The molecule has 0 saturated carbocycles. The molecule has 16 heavy (non-hydrogen) atoms. The molecule has 0 amide bonds. The van der Waals surface area contributed by atoms with E-state index in [1.165, 1.54) is 0 Å². The number of aromatic nitrogens is 2. The lowest BCUT2D eigenvalue weighted by atomic mass is 10.1. The summed E-state index contributed by atoms with van der Waals surface area (Å²) in [7, 11) is 2.03. The van der Waals surface area contributed by atoms with Crippen LogP contribution in [0.3, 0.4) is 0 Å². The second-order valence-corrected chi connectivity index (χ2v) is 4.47. The maximum absolute atomic E-state index is 5.86. The molecule has 1 aromatic heterocycles. The first kappa shape index (κ1) is 15.3. The summed E-state index contributed by atoms with van der Waals surface area (Å²) < 4.78 is 5.13. The normalized spacial score (nSPS) is 11.6. The lowest BCUT2D eigenvalue weighted by Crippen LogP contribution is -2.30. The molecule has 2 N–H and O–H groups in total. The molecule has 0 fully saturated rings. The van der Waals surface area contributed by atoms with Crippen LogP contribution in [-0.4, -0.2) is 28.6 Å². The van der Waals surface area contributed by atoms with Gasteiger partial charge in [0.25, 0.3) is 0 Å². The van der Waals surface area contributed by atoms with E-state index in [1.54, 1.807) is 0 Å². The maximum Gasteiger partial charge on any atom is 0.240 e. The summed E-state index contributed by atoms with van der Waals surface area (Å²) in [6.07, 6.45) is 1.11. The van der Waals surface area contributed by atoms with Gasteiger partial charge in [-0.15, -0.1) is 12.4 Å². The van der Waals surface area contributed by atoms with Crippen LogP contribution in [0.5, 0.6) is 0 Å². The monoisotopic (exact) mass is 248 g/mol. The second kappa shape index (κ2) is 6.18. The number of halogens is 1. The van der Waals surface area contributed by atoms with Crippen LogP contribution in [-0.2, 0) is 12.1 Å². The second-order valence-electron chi connectivity index (χ2n) is 4.47. The molecule has 1 rings (SSSR count). The molecule has 0 bridgehead atoms. The van der Waals surface area contributed by atoms with E-state index >= 15 is 0 Å². The van der Waals surface area contributed by atoms with Crippen molar-refractivity contribution in [2.75, 3.05) is 13.6 Å². The molecule has 6 heteroatoms. The fourth-order valence-electron chi connectivity index (χ4n) is 1.27. The van der Waals surface area contributed by atoms with Crippen LogP contribution < -0.4 is 5.73 Å². The summed E-state index contributed by atoms with van der Waals surface area (Å²) in [5, 5.41) is 3.86. The molecule has 0 aliphatic rings. The maximum atomic E-state index is 5.86. The fourth-order valence-corrected chi connectivity index (χ4v) is 1.27. The fraction of sp³-hybridized carbons (Fsp3) is 0.800. The summed E-state index contributed by atoms with van der Waals surface area (Å²) in [5.41, 5.74) is 5.32. The van der Waals surface area contributed by atoms with Crippen molar-refractivity contribution in [1.82, 2.24) is 15.0 Å². The summed E-state index contributed by atoms with van der Waals surface area (Å²) in [6.45, 7) is 7.55. The minimum atomic E-state index is -0.537. The largest absolute Gasteiger partial charge is 0.338 e. The topological polar surface area (TPSA) is 68.2 Å². The Morgan fingerprint density at radius 3 is 2.50 bits per heavy atom. The Balaban J connectivity index is 0.00000225. The van der Waals surface area contributed by atoms with Crippen molar-refractivity contribution < 1.29 is 4.52 Å². The number of rotatable bonds is 5. The van der Waals surface area contributed by atoms with Gasteiger partial charge in [-0.3, -0.25) is 4.90 Å². The van der Waals surface area contributed by atoms with Crippen molar-refractivity contribution in [2.45, 2.75) is 39.3 Å². The minimum absolute atomic E-state index is 0. The molecule has 0 atom stereocenters. The van der Waals surface area contributed by atoms with Gasteiger partial charge in [-0.25, -0.2) is 0 Å². The summed E-state index contributed by atoms with van der Waals surface area (Å²) in [5.74, 6) is 1.18. The van der Waals surface area contributed by atoms with Gasteiger partial charge in [0.2, 0.25) is 5.89 Å². The van der Waals surface area contributed by atoms with Crippen LogP contribution in [0.25, 0.3) is 0 Å². The molecule has 0 saturated heterocycles. The standard InChI is InChI=1S/C10H20N4O.ClH/c1-5-6-14(4)7-8-12-9(13-15-8)10(2,3)11;/h5-7,11H2,1-4H3;1H. The van der Waals surface area contributed by atoms with E-state index in [1.807, 2.05) is 20.9 Å². The summed E-state index contributed by atoms with van der Waals surface area (Å²) in [6, 6.07) is 0. The summed E-state index contributed by atoms with van der Waals surface area (Å²) >= 11 is 0. The van der Waals surface area contributed by atoms with Crippen molar-refractivity contribution in [1.29, 1.82) is 0 Å². The van der Waals surface area contributed by atoms with Crippen LogP contribution in [0.4, 0.5) is 0 Å². The van der Waals surface area contributed by atoms with E-state index in [0.717, 1.165) is 13.0 Å². The number of nitrogens with zero attached hydrogens (tertiary/aromatic N) is 3. The van der Waals surface area contributed by atoms with Crippen LogP contribution >= 0.6 is 12.4 Å². The van der Waals surface area contributed by atoms with Gasteiger partial charge >= 0.3 is 0 Å². The average Bonchev–Trinajstić information content (AvgIpc) is 2.52. The molecular weight excluding hydrogens is 228 g/mol. The van der Waals surface area contributed by atoms with Gasteiger partial charge in [-0.1, -0.05) is 12.1 Å². The Hall–Kier alpha value is -0.650. The predicted molar refractivity (Wildman–Crippen MR) is 65.4 cm³/mol. The van der Waals surface area contributed by atoms with E-state index in [2.05, 4.69) is 22.0 Å². The van der Waals surface area contributed by atoms with E-state index in [0.29, 0.717) is 18.3 Å². The molecule has 0 unspecified atom stereocenters. The highest BCUT2D eigenvalue weighted by Crippen LogP contribution is 2.13. The predicted octanol–water partition coefficient (Wildman–Crippen LogP) is 1.53. The van der Waals surface area contributed by atoms with Crippen molar-refractivity contribution in [3.05, 3.63) is 11.7 Å². The quantitative estimate of drug-likeness (QED) is 0.856. The van der Waals surface area contributed by atoms with E-state index in [4.69, 9.17) is 10.3 Å². The van der Waals surface area contributed by atoms with Crippen LogP contribution in [0, 0.1) is 0 Å². The first-order chi connectivity index (χ1) is 6.93. The third-order valence-electron chi connectivity index (χ3n) is 2.05. The first-order valence-electron chi connectivity index (χ1n) is 5.24. The van der Waals surface area contributed by atoms with Crippen LogP contribution in [0.2, 0.25) is 0 Å². The number of hydrogen-bond donors (Lipinski definition) is 1. The van der Waals surface area contributed by atoms with Gasteiger partial charge in [-0.2, -0.15) is 4.98 Å².